The van der Waals surface area contributed by atoms with Gasteiger partial charge < -0.3 is 15.8 Å². The number of nitrogens with two attached hydrogens (primary N) is 1. The maximum absolute atomic E-state index is 12.9. The molecule has 21 heavy (non-hydrogen) atoms. The molecule has 6 heteroatoms. The summed E-state index contributed by atoms with van der Waals surface area (Å²) in [5.74, 6) is -0.0188. The molecular formula is C15H14BrFN2O2. The number of amides is 1. The fourth-order valence-corrected chi connectivity index (χ4v) is 2.07. The molecule has 0 aliphatic carbocycles. The number of hydrogen-bond donors (Lipinski definition) is 2. The van der Waals surface area contributed by atoms with Gasteiger partial charge in [-0.1, -0.05) is 12.1 Å². The van der Waals surface area contributed by atoms with Gasteiger partial charge >= 0.3 is 0 Å². The van der Waals surface area contributed by atoms with Crippen molar-refractivity contribution in [2.75, 3.05) is 17.7 Å². The third-order valence-electron chi connectivity index (χ3n) is 2.71. The van der Waals surface area contributed by atoms with E-state index in [9.17, 15) is 9.18 Å². The third-order valence-corrected chi connectivity index (χ3v) is 3.37. The first kappa shape index (κ1) is 15.3. The van der Waals surface area contributed by atoms with Crippen LogP contribution in [0.5, 0.6) is 5.75 Å². The predicted molar refractivity (Wildman–Crippen MR) is 83.7 cm³/mol. The van der Waals surface area contributed by atoms with Gasteiger partial charge in [0.2, 0.25) is 5.91 Å². The van der Waals surface area contributed by atoms with Crippen molar-refractivity contribution in [1.29, 1.82) is 0 Å². The smallest absolute Gasteiger partial charge is 0.227 e. The number of nitrogens with one attached hydrogen (secondary N) is 1. The fourth-order valence-electron chi connectivity index (χ4n) is 1.68. The van der Waals surface area contributed by atoms with Crippen molar-refractivity contribution < 1.29 is 13.9 Å². The molecule has 2 rings (SSSR count). The van der Waals surface area contributed by atoms with Gasteiger partial charge in [0.15, 0.2) is 0 Å². The minimum absolute atomic E-state index is 0.165. The molecule has 0 atom stereocenters. The minimum atomic E-state index is -0.442. The number of para-hydroxylation sites is 1. The summed E-state index contributed by atoms with van der Waals surface area (Å²) < 4.78 is 19.2. The first-order valence-corrected chi connectivity index (χ1v) is 7.08. The van der Waals surface area contributed by atoms with Crippen molar-refractivity contribution in [2.24, 2.45) is 0 Å². The third kappa shape index (κ3) is 4.46. The lowest BCUT2D eigenvalue weighted by atomic mass is 10.2. The van der Waals surface area contributed by atoms with E-state index in [1.807, 2.05) is 18.2 Å². The molecule has 2 aromatic carbocycles. The lowest BCUT2D eigenvalue weighted by Crippen LogP contribution is -2.16. The Kier molecular flexibility index (Phi) is 5.16. The highest BCUT2D eigenvalue weighted by atomic mass is 79.9. The zero-order chi connectivity index (χ0) is 15.2. The lowest BCUT2D eigenvalue weighted by Gasteiger charge is -2.10. The molecule has 0 fully saturated rings. The van der Waals surface area contributed by atoms with Crippen molar-refractivity contribution in [3.05, 3.63) is 52.8 Å². The van der Waals surface area contributed by atoms with Crippen molar-refractivity contribution in [1.82, 2.24) is 0 Å². The predicted octanol–water partition coefficient (Wildman–Crippen LogP) is 3.58. The molecule has 0 bridgehead atoms. The van der Waals surface area contributed by atoms with Gasteiger partial charge in [-0.3, -0.25) is 4.79 Å². The van der Waals surface area contributed by atoms with Crippen LogP contribution in [0.2, 0.25) is 0 Å². The largest absolute Gasteiger partial charge is 0.492 e. The van der Waals surface area contributed by atoms with Crippen LogP contribution in [0.1, 0.15) is 6.42 Å². The SMILES string of the molecule is Nc1cc(F)ccc1NC(=O)CCOc1ccccc1Br. The van der Waals surface area contributed by atoms with E-state index in [4.69, 9.17) is 10.5 Å². The number of ether oxygens (including phenoxy) is 1. The van der Waals surface area contributed by atoms with Crippen molar-refractivity contribution >= 4 is 33.2 Å². The maximum Gasteiger partial charge on any atom is 0.227 e. The average molecular weight is 353 g/mol. The Hall–Kier alpha value is -2.08. The van der Waals surface area contributed by atoms with E-state index in [0.29, 0.717) is 11.4 Å². The topological polar surface area (TPSA) is 64.3 Å². The molecule has 0 radical (unpaired) electrons. The number of carbonyl (C=O) groups excluding carboxylic acids is 1. The van der Waals surface area contributed by atoms with E-state index in [-0.39, 0.29) is 24.6 Å². The summed E-state index contributed by atoms with van der Waals surface area (Å²) in [6.45, 7) is 0.232. The molecule has 4 nitrogen and oxygen atoms in total. The lowest BCUT2D eigenvalue weighted by molar-refractivity contribution is -0.116. The number of carbonyl (C=O) groups is 1. The summed E-state index contributed by atoms with van der Waals surface area (Å²) in [6.07, 6.45) is 0.165. The summed E-state index contributed by atoms with van der Waals surface area (Å²) in [6, 6.07) is 11.2. The molecule has 0 saturated carbocycles. The highest BCUT2D eigenvalue weighted by Crippen LogP contribution is 2.24. The Balaban J connectivity index is 1.84. The standard InChI is InChI=1S/C15H14BrFN2O2/c16-11-3-1-2-4-14(11)21-8-7-15(20)19-13-6-5-10(17)9-12(13)18/h1-6,9H,7-8,18H2,(H,19,20). The number of hydrogen-bond acceptors (Lipinski definition) is 3. The number of anilines is 2. The molecule has 0 aliphatic heterocycles. The first-order valence-electron chi connectivity index (χ1n) is 6.28. The normalized spacial score (nSPS) is 10.2. The Morgan fingerprint density at radius 1 is 1.29 bits per heavy atom. The molecule has 3 N–H and O–H groups in total. The van der Waals surface area contributed by atoms with E-state index in [1.54, 1.807) is 6.07 Å². The van der Waals surface area contributed by atoms with Gasteiger partial charge in [0.05, 0.1) is 28.9 Å². The van der Waals surface area contributed by atoms with Gasteiger partial charge in [-0.2, -0.15) is 0 Å². The summed E-state index contributed by atoms with van der Waals surface area (Å²) in [5.41, 5.74) is 6.20. The highest BCUT2D eigenvalue weighted by Gasteiger charge is 2.07. The molecule has 110 valence electrons. The molecular weight excluding hydrogens is 339 g/mol. The molecule has 0 spiro atoms. The van der Waals surface area contributed by atoms with E-state index in [1.165, 1.54) is 12.1 Å². The molecule has 0 heterocycles. The van der Waals surface area contributed by atoms with Crippen LogP contribution < -0.4 is 15.8 Å². The van der Waals surface area contributed by atoms with E-state index in [0.717, 1.165) is 10.5 Å². The number of nitrogen functional groups attached to an aromatic ring is 1. The second-order valence-corrected chi connectivity index (χ2v) is 5.16. The molecule has 0 unspecified atom stereocenters. The van der Waals surface area contributed by atoms with Gasteiger partial charge in [0.25, 0.3) is 0 Å². The Morgan fingerprint density at radius 2 is 2.05 bits per heavy atom. The average Bonchev–Trinajstić information content (AvgIpc) is 2.44. The number of rotatable bonds is 5. The second kappa shape index (κ2) is 7.08. The summed E-state index contributed by atoms with van der Waals surface area (Å²) >= 11 is 3.36. The minimum Gasteiger partial charge on any atom is -0.492 e. The Bertz CT molecular complexity index is 649. The maximum atomic E-state index is 12.9. The highest BCUT2D eigenvalue weighted by molar-refractivity contribution is 9.10. The quantitative estimate of drug-likeness (QED) is 0.808. The summed E-state index contributed by atoms with van der Waals surface area (Å²) in [4.78, 5) is 11.8. The molecule has 0 aromatic heterocycles. The summed E-state index contributed by atoms with van der Waals surface area (Å²) in [5, 5.41) is 2.62. The van der Waals surface area contributed by atoms with Gasteiger partial charge in [-0.15, -0.1) is 0 Å². The van der Waals surface area contributed by atoms with Gasteiger partial charge in [-0.25, -0.2) is 4.39 Å². The van der Waals surface area contributed by atoms with Crippen LogP contribution >= 0.6 is 15.9 Å². The first-order chi connectivity index (χ1) is 10.1. The molecule has 2 aromatic rings. The van der Waals surface area contributed by atoms with Crippen LogP contribution in [0.15, 0.2) is 46.9 Å². The van der Waals surface area contributed by atoms with Crippen LogP contribution in [0.3, 0.4) is 0 Å². The molecule has 0 saturated heterocycles. The van der Waals surface area contributed by atoms with Crippen molar-refractivity contribution in [2.45, 2.75) is 6.42 Å². The second-order valence-electron chi connectivity index (χ2n) is 4.31. The monoisotopic (exact) mass is 352 g/mol. The zero-order valence-corrected chi connectivity index (χ0v) is 12.7. The fraction of sp³-hybridized carbons (Fsp3) is 0.133. The molecule has 0 aliphatic rings. The summed E-state index contributed by atoms with van der Waals surface area (Å²) in [7, 11) is 0. The molecule has 1 amide bonds. The van der Waals surface area contributed by atoms with Crippen LogP contribution in [0, 0.1) is 5.82 Å². The van der Waals surface area contributed by atoms with E-state index < -0.39 is 5.82 Å². The Labute approximate surface area is 130 Å². The van der Waals surface area contributed by atoms with Crippen molar-refractivity contribution in [3.8, 4) is 5.75 Å². The van der Waals surface area contributed by atoms with Crippen LogP contribution in [-0.2, 0) is 4.79 Å². The van der Waals surface area contributed by atoms with Gasteiger partial charge in [0.1, 0.15) is 11.6 Å². The number of halogens is 2. The van der Waals surface area contributed by atoms with Crippen LogP contribution in [-0.4, -0.2) is 12.5 Å². The van der Waals surface area contributed by atoms with Gasteiger partial charge in [0, 0.05) is 0 Å². The number of benzene rings is 2. The zero-order valence-electron chi connectivity index (χ0n) is 11.1. The van der Waals surface area contributed by atoms with Crippen molar-refractivity contribution in [3.63, 3.8) is 0 Å². The Morgan fingerprint density at radius 3 is 2.76 bits per heavy atom. The van der Waals surface area contributed by atoms with E-state index >= 15 is 0 Å². The van der Waals surface area contributed by atoms with Gasteiger partial charge in [-0.05, 0) is 46.3 Å². The van der Waals surface area contributed by atoms with E-state index in [2.05, 4.69) is 21.2 Å². The van der Waals surface area contributed by atoms with Crippen LogP contribution in [0.4, 0.5) is 15.8 Å². The van der Waals surface area contributed by atoms with Crippen LogP contribution in [0.25, 0.3) is 0 Å².